The SMILES string of the molecule is N=Nc1ccc(C(F)(F)F)cn1. The summed E-state index contributed by atoms with van der Waals surface area (Å²) in [5.74, 6) is -0.0389. The Morgan fingerprint density at radius 2 is 2.00 bits per heavy atom. The van der Waals surface area contributed by atoms with Crippen LogP contribution in [0, 0.1) is 5.53 Å². The van der Waals surface area contributed by atoms with E-state index < -0.39 is 11.7 Å². The van der Waals surface area contributed by atoms with Crippen LogP contribution >= 0.6 is 0 Å². The van der Waals surface area contributed by atoms with Crippen molar-refractivity contribution >= 4 is 5.82 Å². The molecular formula is C6H4F3N3. The van der Waals surface area contributed by atoms with Crippen LogP contribution in [0.4, 0.5) is 19.0 Å². The highest BCUT2D eigenvalue weighted by molar-refractivity contribution is 5.28. The fraction of sp³-hybridized carbons (Fsp3) is 0.167. The highest BCUT2D eigenvalue weighted by Gasteiger charge is 2.30. The van der Waals surface area contributed by atoms with Crippen molar-refractivity contribution < 1.29 is 13.2 Å². The summed E-state index contributed by atoms with van der Waals surface area (Å²) in [4.78, 5) is 3.29. The highest BCUT2D eigenvalue weighted by Crippen LogP contribution is 2.28. The topological polar surface area (TPSA) is 49.1 Å². The third-order valence-electron chi connectivity index (χ3n) is 1.19. The minimum atomic E-state index is -4.38. The molecule has 1 heterocycles. The molecular weight excluding hydrogens is 171 g/mol. The van der Waals surface area contributed by atoms with Crippen LogP contribution in [0.1, 0.15) is 5.56 Å². The number of nitrogens with one attached hydrogen (secondary N) is 1. The van der Waals surface area contributed by atoms with Crippen LogP contribution in [-0.4, -0.2) is 4.98 Å². The van der Waals surface area contributed by atoms with Gasteiger partial charge < -0.3 is 0 Å². The van der Waals surface area contributed by atoms with Crippen LogP contribution < -0.4 is 0 Å². The highest BCUT2D eigenvalue weighted by atomic mass is 19.4. The lowest BCUT2D eigenvalue weighted by Gasteiger charge is -2.04. The largest absolute Gasteiger partial charge is 0.417 e. The van der Waals surface area contributed by atoms with Gasteiger partial charge in [0, 0.05) is 6.20 Å². The summed E-state index contributed by atoms with van der Waals surface area (Å²) in [6, 6.07) is 1.87. The van der Waals surface area contributed by atoms with Crippen molar-refractivity contribution in [2.45, 2.75) is 6.18 Å². The summed E-state index contributed by atoms with van der Waals surface area (Å²) in [6.45, 7) is 0. The van der Waals surface area contributed by atoms with E-state index in [-0.39, 0.29) is 5.82 Å². The second-order valence-corrected chi connectivity index (χ2v) is 2.01. The Labute approximate surface area is 65.7 Å². The third-order valence-corrected chi connectivity index (χ3v) is 1.19. The Bertz CT molecular complexity index is 277. The molecule has 0 fully saturated rings. The first-order chi connectivity index (χ1) is 5.54. The zero-order chi connectivity index (χ0) is 9.19. The van der Waals surface area contributed by atoms with E-state index in [1.165, 1.54) is 0 Å². The lowest BCUT2D eigenvalue weighted by Crippen LogP contribution is -2.04. The normalized spacial score (nSPS) is 11.2. The van der Waals surface area contributed by atoms with Gasteiger partial charge in [0.2, 0.25) is 0 Å². The van der Waals surface area contributed by atoms with Gasteiger partial charge >= 0.3 is 6.18 Å². The molecule has 12 heavy (non-hydrogen) atoms. The lowest BCUT2D eigenvalue weighted by molar-refractivity contribution is -0.137. The van der Waals surface area contributed by atoms with Gasteiger partial charge in [-0.3, -0.25) is 0 Å². The molecule has 0 bridgehead atoms. The number of hydrogen-bond acceptors (Lipinski definition) is 3. The van der Waals surface area contributed by atoms with Crippen molar-refractivity contribution in [3.63, 3.8) is 0 Å². The molecule has 0 aliphatic heterocycles. The Hall–Kier alpha value is -1.46. The van der Waals surface area contributed by atoms with Crippen molar-refractivity contribution in [1.29, 1.82) is 5.53 Å². The number of rotatable bonds is 1. The molecule has 0 saturated carbocycles. The van der Waals surface area contributed by atoms with E-state index in [1.54, 1.807) is 0 Å². The lowest BCUT2D eigenvalue weighted by atomic mass is 10.3. The quantitative estimate of drug-likeness (QED) is 0.655. The molecule has 0 aromatic carbocycles. The Kier molecular flexibility index (Phi) is 2.07. The summed E-state index contributed by atoms with van der Waals surface area (Å²) in [7, 11) is 0. The second kappa shape index (κ2) is 2.88. The molecule has 64 valence electrons. The number of nitrogens with zero attached hydrogens (tertiary/aromatic N) is 2. The fourth-order valence-corrected chi connectivity index (χ4v) is 0.620. The van der Waals surface area contributed by atoms with Crippen molar-refractivity contribution in [1.82, 2.24) is 4.98 Å². The summed E-state index contributed by atoms with van der Waals surface area (Å²) in [5, 5.41) is 2.87. The number of pyridine rings is 1. The van der Waals surface area contributed by atoms with E-state index in [2.05, 4.69) is 10.1 Å². The van der Waals surface area contributed by atoms with Crippen molar-refractivity contribution in [2.75, 3.05) is 0 Å². The first-order valence-electron chi connectivity index (χ1n) is 2.95. The first-order valence-corrected chi connectivity index (χ1v) is 2.95. The number of alkyl halides is 3. The monoisotopic (exact) mass is 175 g/mol. The van der Waals surface area contributed by atoms with E-state index >= 15 is 0 Å². The molecule has 1 aromatic heterocycles. The summed E-state index contributed by atoms with van der Waals surface area (Å²) in [5.41, 5.74) is 5.61. The molecule has 0 aliphatic rings. The Morgan fingerprint density at radius 1 is 1.33 bits per heavy atom. The van der Waals surface area contributed by atoms with Crippen LogP contribution in [0.3, 0.4) is 0 Å². The maximum absolute atomic E-state index is 11.9. The predicted octanol–water partition coefficient (Wildman–Crippen LogP) is 2.76. The van der Waals surface area contributed by atoms with Crippen molar-refractivity contribution in [3.05, 3.63) is 23.9 Å². The molecule has 0 atom stereocenters. The van der Waals surface area contributed by atoms with Crippen LogP contribution in [0.25, 0.3) is 0 Å². The van der Waals surface area contributed by atoms with E-state index in [0.29, 0.717) is 6.20 Å². The molecule has 0 amide bonds. The van der Waals surface area contributed by atoms with Gasteiger partial charge in [-0.15, -0.1) is 5.11 Å². The summed E-state index contributed by atoms with van der Waals surface area (Å²) in [6.07, 6.45) is -3.74. The molecule has 0 saturated heterocycles. The van der Waals surface area contributed by atoms with Crippen molar-refractivity contribution in [3.8, 4) is 0 Å². The van der Waals surface area contributed by atoms with Gasteiger partial charge in [0.25, 0.3) is 0 Å². The number of halogens is 3. The first kappa shape index (κ1) is 8.63. The van der Waals surface area contributed by atoms with E-state index in [9.17, 15) is 13.2 Å². The minimum absolute atomic E-state index is 0.0389. The summed E-state index contributed by atoms with van der Waals surface area (Å²) >= 11 is 0. The van der Waals surface area contributed by atoms with E-state index in [4.69, 9.17) is 5.53 Å². The fourth-order valence-electron chi connectivity index (χ4n) is 0.620. The maximum Gasteiger partial charge on any atom is 0.417 e. The molecule has 3 nitrogen and oxygen atoms in total. The van der Waals surface area contributed by atoms with Gasteiger partial charge in [0.1, 0.15) is 0 Å². The van der Waals surface area contributed by atoms with Gasteiger partial charge in [-0.05, 0) is 12.1 Å². The summed E-state index contributed by atoms with van der Waals surface area (Å²) < 4.78 is 35.7. The van der Waals surface area contributed by atoms with Crippen LogP contribution in [0.2, 0.25) is 0 Å². The zero-order valence-corrected chi connectivity index (χ0v) is 5.76. The van der Waals surface area contributed by atoms with E-state index in [1.807, 2.05) is 0 Å². The minimum Gasteiger partial charge on any atom is -0.235 e. The molecule has 1 rings (SSSR count). The molecule has 0 radical (unpaired) electrons. The van der Waals surface area contributed by atoms with Gasteiger partial charge in [-0.25, -0.2) is 10.5 Å². The van der Waals surface area contributed by atoms with Gasteiger partial charge in [-0.1, -0.05) is 0 Å². The molecule has 1 aromatic rings. The smallest absolute Gasteiger partial charge is 0.235 e. The molecule has 0 aliphatic carbocycles. The van der Waals surface area contributed by atoms with Crippen LogP contribution in [0.5, 0.6) is 0 Å². The number of hydrogen-bond donors (Lipinski definition) is 1. The Balaban J connectivity index is 3.00. The van der Waals surface area contributed by atoms with Crippen molar-refractivity contribution in [2.24, 2.45) is 5.11 Å². The van der Waals surface area contributed by atoms with Gasteiger partial charge in [0.15, 0.2) is 5.82 Å². The number of aromatic nitrogens is 1. The average Bonchev–Trinajstić information content (AvgIpc) is 2.03. The Morgan fingerprint density at radius 3 is 2.33 bits per heavy atom. The zero-order valence-electron chi connectivity index (χ0n) is 5.76. The van der Waals surface area contributed by atoms with Crippen LogP contribution in [0.15, 0.2) is 23.4 Å². The molecule has 1 N–H and O–H groups in total. The predicted molar refractivity (Wildman–Crippen MR) is 34.0 cm³/mol. The van der Waals surface area contributed by atoms with E-state index in [0.717, 1.165) is 12.1 Å². The maximum atomic E-state index is 11.9. The van der Waals surface area contributed by atoms with Gasteiger partial charge in [0.05, 0.1) is 5.56 Å². The second-order valence-electron chi connectivity index (χ2n) is 2.01. The third kappa shape index (κ3) is 1.77. The molecule has 0 spiro atoms. The molecule has 0 unspecified atom stereocenters. The standard InChI is InChI=1S/C6H4F3N3/c7-6(8,9)4-1-2-5(12-10)11-3-4/h1-3,10H. The average molecular weight is 175 g/mol. The molecule has 6 heteroatoms. The van der Waals surface area contributed by atoms with Crippen LogP contribution in [-0.2, 0) is 6.18 Å². The van der Waals surface area contributed by atoms with Gasteiger partial charge in [-0.2, -0.15) is 13.2 Å².